The van der Waals surface area contributed by atoms with Gasteiger partial charge in [-0.25, -0.2) is 14.5 Å². The lowest BCUT2D eigenvalue weighted by atomic mass is 9.82. The maximum Gasteiger partial charge on any atom is 0.329 e. The third-order valence-corrected chi connectivity index (χ3v) is 4.92. The first-order chi connectivity index (χ1) is 12.5. The van der Waals surface area contributed by atoms with Crippen LogP contribution in [0, 0.1) is 0 Å². The molecule has 2 saturated heterocycles. The molecule has 26 heavy (non-hydrogen) atoms. The van der Waals surface area contributed by atoms with E-state index in [9.17, 15) is 14.4 Å². The summed E-state index contributed by atoms with van der Waals surface area (Å²) >= 11 is 0. The summed E-state index contributed by atoms with van der Waals surface area (Å²) in [7, 11) is 0. The van der Waals surface area contributed by atoms with Gasteiger partial charge in [0.25, 0.3) is 5.91 Å². The first kappa shape index (κ1) is 16.3. The highest BCUT2D eigenvalue weighted by atomic mass is 16.6. The van der Waals surface area contributed by atoms with Crippen molar-refractivity contribution in [2.75, 3.05) is 0 Å². The highest BCUT2D eigenvalue weighted by Crippen LogP contribution is 2.38. The minimum atomic E-state index is -1.36. The van der Waals surface area contributed by atoms with Crippen LogP contribution in [0.5, 0.6) is 0 Å². The number of carbonyl (C=O) groups excluding carboxylic acids is 3. The van der Waals surface area contributed by atoms with Gasteiger partial charge < -0.3 is 10.1 Å². The fraction of sp³-hybridized carbons (Fsp3) is 0.250. The second kappa shape index (κ2) is 5.98. The van der Waals surface area contributed by atoms with Crippen LogP contribution >= 0.6 is 0 Å². The molecule has 2 aromatic carbocycles. The number of imide groups is 1. The van der Waals surface area contributed by atoms with Crippen LogP contribution in [-0.4, -0.2) is 35.0 Å². The maximum absolute atomic E-state index is 13.5. The van der Waals surface area contributed by atoms with Gasteiger partial charge in [-0.3, -0.25) is 4.79 Å². The maximum atomic E-state index is 13.5. The molecular formula is C20H18N2O4. The van der Waals surface area contributed by atoms with Crippen LogP contribution in [0.15, 0.2) is 60.7 Å². The molecule has 0 unspecified atom stereocenters. The fourth-order valence-corrected chi connectivity index (χ4v) is 3.71. The quantitative estimate of drug-likeness (QED) is 0.680. The number of esters is 1. The lowest BCUT2D eigenvalue weighted by molar-refractivity contribution is -0.147. The van der Waals surface area contributed by atoms with E-state index >= 15 is 0 Å². The van der Waals surface area contributed by atoms with Gasteiger partial charge in [-0.2, -0.15) is 0 Å². The second-order valence-corrected chi connectivity index (χ2v) is 6.59. The third kappa shape index (κ3) is 2.29. The number of carbonyl (C=O) groups is 3. The Morgan fingerprint density at radius 1 is 0.962 bits per heavy atom. The van der Waals surface area contributed by atoms with E-state index in [-0.39, 0.29) is 6.10 Å². The molecule has 6 heteroatoms. The molecule has 6 nitrogen and oxygen atoms in total. The molecule has 2 atom stereocenters. The standard InChI is InChI=1S/C20H18N2O4/c1-13-12-16(17(23)26-13)22-18(24)20(21-19(22)25,14-8-4-2-5-9-14)15-10-6-3-7-11-15/h2-11,13,16H,12H2,1H3,(H,21,25)/t13-,16-/m0/s1. The number of ether oxygens (including phenoxy) is 1. The van der Waals surface area contributed by atoms with Crippen molar-refractivity contribution in [1.82, 2.24) is 10.2 Å². The van der Waals surface area contributed by atoms with Gasteiger partial charge >= 0.3 is 12.0 Å². The SMILES string of the molecule is C[C@H]1C[C@H](N2C(=O)NC(c3ccccc3)(c3ccccc3)C2=O)C(=O)O1. The summed E-state index contributed by atoms with van der Waals surface area (Å²) in [6, 6.07) is 16.6. The van der Waals surface area contributed by atoms with Crippen LogP contribution in [0.2, 0.25) is 0 Å². The zero-order valence-corrected chi connectivity index (χ0v) is 14.2. The molecular weight excluding hydrogens is 332 g/mol. The lowest BCUT2D eigenvalue weighted by Crippen LogP contribution is -2.47. The summed E-state index contributed by atoms with van der Waals surface area (Å²) < 4.78 is 5.15. The monoisotopic (exact) mass is 350 g/mol. The number of cyclic esters (lactones) is 1. The Morgan fingerprint density at radius 3 is 1.96 bits per heavy atom. The van der Waals surface area contributed by atoms with Crippen molar-refractivity contribution in [3.63, 3.8) is 0 Å². The zero-order valence-electron chi connectivity index (χ0n) is 14.2. The van der Waals surface area contributed by atoms with Crippen molar-refractivity contribution in [3.8, 4) is 0 Å². The molecule has 0 bridgehead atoms. The number of benzene rings is 2. The summed E-state index contributed by atoms with van der Waals surface area (Å²) in [5, 5.41) is 2.84. The predicted molar refractivity (Wildman–Crippen MR) is 93.0 cm³/mol. The Labute approximate surface area is 150 Å². The summed E-state index contributed by atoms with van der Waals surface area (Å²) in [5.41, 5.74) is -0.0657. The molecule has 0 aromatic heterocycles. The molecule has 2 aliphatic rings. The first-order valence-corrected chi connectivity index (χ1v) is 8.51. The van der Waals surface area contributed by atoms with E-state index in [2.05, 4.69) is 5.32 Å². The summed E-state index contributed by atoms with van der Waals surface area (Å²) in [5.74, 6) is -1.01. The Bertz CT molecular complexity index is 826. The number of amides is 3. The Balaban J connectivity index is 1.85. The molecule has 0 aliphatic carbocycles. The molecule has 0 radical (unpaired) electrons. The van der Waals surface area contributed by atoms with Crippen molar-refractivity contribution < 1.29 is 19.1 Å². The van der Waals surface area contributed by atoms with Crippen molar-refractivity contribution in [2.45, 2.75) is 31.0 Å². The largest absolute Gasteiger partial charge is 0.461 e. The summed E-state index contributed by atoms with van der Waals surface area (Å²) in [6.07, 6.45) is -0.0194. The van der Waals surface area contributed by atoms with E-state index in [1.54, 1.807) is 31.2 Å². The van der Waals surface area contributed by atoms with Gasteiger partial charge in [0, 0.05) is 6.42 Å². The number of nitrogens with one attached hydrogen (secondary N) is 1. The fourth-order valence-electron chi connectivity index (χ4n) is 3.71. The van der Waals surface area contributed by atoms with Gasteiger partial charge in [-0.1, -0.05) is 60.7 Å². The van der Waals surface area contributed by atoms with Gasteiger partial charge in [0.2, 0.25) is 0 Å². The smallest absolute Gasteiger partial charge is 0.329 e. The van der Waals surface area contributed by atoms with Crippen LogP contribution in [0.3, 0.4) is 0 Å². The molecule has 3 amide bonds. The lowest BCUT2D eigenvalue weighted by Gasteiger charge is -2.28. The number of urea groups is 1. The molecule has 1 N–H and O–H groups in total. The van der Waals surface area contributed by atoms with Gasteiger partial charge in [-0.15, -0.1) is 0 Å². The first-order valence-electron chi connectivity index (χ1n) is 8.51. The topological polar surface area (TPSA) is 75.7 Å². The van der Waals surface area contributed by atoms with Crippen LogP contribution in [-0.2, 0) is 19.9 Å². The highest BCUT2D eigenvalue weighted by Gasteiger charge is 2.58. The van der Waals surface area contributed by atoms with E-state index in [0.717, 1.165) is 4.90 Å². The van der Waals surface area contributed by atoms with Crippen LogP contribution < -0.4 is 5.32 Å². The molecule has 132 valence electrons. The molecule has 2 aliphatic heterocycles. The Kier molecular flexibility index (Phi) is 3.76. The second-order valence-electron chi connectivity index (χ2n) is 6.59. The molecule has 0 spiro atoms. The molecule has 2 aromatic rings. The summed E-state index contributed by atoms with van der Waals surface area (Å²) in [6.45, 7) is 1.75. The predicted octanol–water partition coefficient (Wildman–Crippen LogP) is 2.19. The Hall–Kier alpha value is -3.15. The van der Waals surface area contributed by atoms with Crippen molar-refractivity contribution in [2.24, 2.45) is 0 Å². The third-order valence-electron chi connectivity index (χ3n) is 4.92. The number of rotatable bonds is 3. The zero-order chi connectivity index (χ0) is 18.3. The van der Waals surface area contributed by atoms with Crippen molar-refractivity contribution >= 4 is 17.9 Å². The minimum absolute atomic E-state index is 0.303. The normalized spacial score (nSPS) is 24.5. The molecule has 4 rings (SSSR count). The molecule has 2 fully saturated rings. The number of hydrogen-bond acceptors (Lipinski definition) is 4. The average Bonchev–Trinajstić information content (AvgIpc) is 3.12. The van der Waals surface area contributed by atoms with Gasteiger partial charge in [0.1, 0.15) is 12.1 Å². The minimum Gasteiger partial charge on any atom is -0.461 e. The van der Waals surface area contributed by atoms with Gasteiger partial charge in [0.05, 0.1) is 0 Å². The van der Waals surface area contributed by atoms with E-state index in [0.29, 0.717) is 17.5 Å². The van der Waals surface area contributed by atoms with Crippen molar-refractivity contribution in [1.29, 1.82) is 0 Å². The van der Waals surface area contributed by atoms with Gasteiger partial charge in [0.15, 0.2) is 5.54 Å². The van der Waals surface area contributed by atoms with Crippen molar-refractivity contribution in [3.05, 3.63) is 71.8 Å². The average molecular weight is 350 g/mol. The van der Waals surface area contributed by atoms with E-state index < -0.39 is 29.5 Å². The van der Waals surface area contributed by atoms with Crippen LogP contribution in [0.25, 0.3) is 0 Å². The van der Waals surface area contributed by atoms with E-state index in [4.69, 9.17) is 4.74 Å². The van der Waals surface area contributed by atoms with E-state index in [1.807, 2.05) is 36.4 Å². The number of nitrogens with zero attached hydrogens (tertiary/aromatic N) is 1. The summed E-state index contributed by atoms with van der Waals surface area (Å²) in [4.78, 5) is 39.5. The number of hydrogen-bond donors (Lipinski definition) is 1. The van der Waals surface area contributed by atoms with Crippen LogP contribution in [0.4, 0.5) is 4.79 Å². The van der Waals surface area contributed by atoms with E-state index in [1.165, 1.54) is 0 Å². The molecule has 2 heterocycles. The Morgan fingerprint density at radius 2 is 1.50 bits per heavy atom. The van der Waals surface area contributed by atoms with Gasteiger partial charge in [-0.05, 0) is 18.1 Å². The highest BCUT2D eigenvalue weighted by molar-refractivity contribution is 6.11. The molecule has 0 saturated carbocycles. The van der Waals surface area contributed by atoms with Crippen LogP contribution in [0.1, 0.15) is 24.5 Å².